The van der Waals surface area contributed by atoms with Gasteiger partial charge in [0.1, 0.15) is 17.7 Å². The smallest absolute Gasteiger partial charge is 0.163 e. The van der Waals surface area contributed by atoms with Crippen molar-refractivity contribution >= 4 is 5.78 Å². The van der Waals surface area contributed by atoms with Crippen LogP contribution in [-0.4, -0.2) is 25.1 Å². The zero-order chi connectivity index (χ0) is 13.1. The Kier molecular flexibility index (Phi) is 3.97. The zero-order valence-electron chi connectivity index (χ0n) is 10.7. The lowest BCUT2D eigenvalue weighted by Crippen LogP contribution is -2.26. The molecule has 0 radical (unpaired) electrons. The van der Waals surface area contributed by atoms with Crippen LogP contribution in [0.4, 0.5) is 4.39 Å². The van der Waals surface area contributed by atoms with E-state index < -0.39 is 0 Å². The molecule has 0 bridgehead atoms. The number of ketones is 1. The molecular weight excluding hydrogens is 235 g/mol. The molecule has 4 heteroatoms. The molecule has 1 aromatic carbocycles. The summed E-state index contributed by atoms with van der Waals surface area (Å²) >= 11 is 0. The van der Waals surface area contributed by atoms with Gasteiger partial charge in [0.05, 0.1) is 18.8 Å². The standard InChI is InChI=1S/C14H17FO3/c1-9-7-14(12(10(2)16)8-13(9)15)18-11-3-5-17-6-4-11/h7-8,11H,3-6H2,1-2H3. The van der Waals surface area contributed by atoms with Gasteiger partial charge in [0.25, 0.3) is 0 Å². The number of hydrogen-bond acceptors (Lipinski definition) is 3. The first kappa shape index (κ1) is 13.0. The number of hydrogen-bond donors (Lipinski definition) is 0. The SMILES string of the molecule is CC(=O)c1cc(F)c(C)cc1OC1CCOCC1. The van der Waals surface area contributed by atoms with Crippen molar-refractivity contribution < 1.29 is 18.7 Å². The normalized spacial score (nSPS) is 16.6. The van der Waals surface area contributed by atoms with E-state index in [2.05, 4.69) is 0 Å². The molecule has 1 aliphatic heterocycles. The summed E-state index contributed by atoms with van der Waals surface area (Å²) in [6.07, 6.45) is 1.64. The van der Waals surface area contributed by atoms with Gasteiger partial charge in [0, 0.05) is 12.8 Å². The van der Waals surface area contributed by atoms with E-state index in [4.69, 9.17) is 9.47 Å². The molecule has 0 amide bonds. The van der Waals surface area contributed by atoms with Crippen LogP contribution in [0.25, 0.3) is 0 Å². The molecule has 1 aromatic rings. The van der Waals surface area contributed by atoms with Crippen molar-refractivity contribution in [3.63, 3.8) is 0 Å². The molecule has 3 nitrogen and oxygen atoms in total. The van der Waals surface area contributed by atoms with Gasteiger partial charge < -0.3 is 9.47 Å². The van der Waals surface area contributed by atoms with E-state index in [9.17, 15) is 9.18 Å². The van der Waals surface area contributed by atoms with Gasteiger partial charge in [-0.15, -0.1) is 0 Å². The van der Waals surface area contributed by atoms with Crippen LogP contribution in [0, 0.1) is 12.7 Å². The maximum atomic E-state index is 13.5. The Morgan fingerprint density at radius 1 is 1.39 bits per heavy atom. The van der Waals surface area contributed by atoms with Gasteiger partial charge in [-0.25, -0.2) is 4.39 Å². The summed E-state index contributed by atoms with van der Waals surface area (Å²) in [7, 11) is 0. The molecular formula is C14H17FO3. The second-order valence-electron chi connectivity index (χ2n) is 4.58. The molecule has 0 aromatic heterocycles. The predicted octanol–water partition coefficient (Wildman–Crippen LogP) is 2.89. The first-order valence-electron chi connectivity index (χ1n) is 6.13. The molecule has 1 saturated heterocycles. The largest absolute Gasteiger partial charge is 0.489 e. The highest BCUT2D eigenvalue weighted by Crippen LogP contribution is 2.26. The summed E-state index contributed by atoms with van der Waals surface area (Å²) in [5.41, 5.74) is 0.798. The van der Waals surface area contributed by atoms with E-state index in [-0.39, 0.29) is 17.7 Å². The predicted molar refractivity (Wildman–Crippen MR) is 65.6 cm³/mol. The Balaban J connectivity index is 2.24. The molecule has 0 aliphatic carbocycles. The van der Waals surface area contributed by atoms with Crippen LogP contribution in [0.5, 0.6) is 5.75 Å². The van der Waals surface area contributed by atoms with Crippen LogP contribution in [0.1, 0.15) is 35.7 Å². The second kappa shape index (κ2) is 5.48. The Labute approximate surface area is 106 Å². The fourth-order valence-electron chi connectivity index (χ4n) is 2.00. The highest BCUT2D eigenvalue weighted by molar-refractivity contribution is 5.96. The number of halogens is 1. The number of rotatable bonds is 3. The van der Waals surface area contributed by atoms with Gasteiger partial charge in [-0.2, -0.15) is 0 Å². The summed E-state index contributed by atoms with van der Waals surface area (Å²) in [5.74, 6) is -0.0798. The topological polar surface area (TPSA) is 35.5 Å². The average molecular weight is 252 g/mol. The van der Waals surface area contributed by atoms with E-state index in [0.29, 0.717) is 30.1 Å². The van der Waals surface area contributed by atoms with E-state index in [1.807, 2.05) is 0 Å². The minimum absolute atomic E-state index is 0.0433. The van der Waals surface area contributed by atoms with Crippen molar-refractivity contribution in [2.45, 2.75) is 32.8 Å². The lowest BCUT2D eigenvalue weighted by atomic mass is 10.1. The van der Waals surface area contributed by atoms with Crippen molar-refractivity contribution in [3.05, 3.63) is 29.1 Å². The molecule has 18 heavy (non-hydrogen) atoms. The molecule has 0 unspecified atom stereocenters. The number of aryl methyl sites for hydroxylation is 1. The molecule has 0 N–H and O–H groups in total. The first-order chi connectivity index (χ1) is 8.58. The minimum atomic E-state index is -0.375. The molecule has 1 fully saturated rings. The maximum Gasteiger partial charge on any atom is 0.163 e. The van der Waals surface area contributed by atoms with Crippen LogP contribution in [-0.2, 0) is 4.74 Å². The summed E-state index contributed by atoms with van der Waals surface area (Å²) in [5, 5.41) is 0. The average Bonchev–Trinajstić information content (AvgIpc) is 2.34. The zero-order valence-corrected chi connectivity index (χ0v) is 10.7. The Bertz CT molecular complexity index is 451. The van der Waals surface area contributed by atoms with Gasteiger partial charge in [0.2, 0.25) is 0 Å². The molecule has 0 spiro atoms. The second-order valence-corrected chi connectivity index (χ2v) is 4.58. The van der Waals surface area contributed by atoms with E-state index in [1.165, 1.54) is 13.0 Å². The van der Waals surface area contributed by atoms with Gasteiger partial charge in [-0.3, -0.25) is 4.79 Å². The lowest BCUT2D eigenvalue weighted by Gasteiger charge is -2.24. The first-order valence-corrected chi connectivity index (χ1v) is 6.13. The van der Waals surface area contributed by atoms with E-state index >= 15 is 0 Å². The fourth-order valence-corrected chi connectivity index (χ4v) is 2.00. The Morgan fingerprint density at radius 3 is 2.67 bits per heavy atom. The van der Waals surface area contributed by atoms with Crippen molar-refractivity contribution in [3.8, 4) is 5.75 Å². The van der Waals surface area contributed by atoms with Gasteiger partial charge >= 0.3 is 0 Å². The summed E-state index contributed by atoms with van der Waals surface area (Å²) in [6.45, 7) is 4.41. The molecule has 98 valence electrons. The number of ether oxygens (including phenoxy) is 2. The summed E-state index contributed by atoms with van der Waals surface area (Å²) in [4.78, 5) is 11.5. The van der Waals surface area contributed by atoms with Gasteiger partial charge in [0.15, 0.2) is 5.78 Å². The van der Waals surface area contributed by atoms with Crippen molar-refractivity contribution in [1.29, 1.82) is 0 Å². The van der Waals surface area contributed by atoms with Gasteiger partial charge in [-0.1, -0.05) is 0 Å². The number of Topliss-reactive ketones (excluding diaryl/α,β-unsaturated/α-hetero) is 1. The van der Waals surface area contributed by atoms with Crippen LogP contribution in [0.15, 0.2) is 12.1 Å². The molecule has 1 heterocycles. The summed E-state index contributed by atoms with van der Waals surface area (Å²) < 4.78 is 24.5. The molecule has 0 atom stereocenters. The Hall–Kier alpha value is -1.42. The van der Waals surface area contributed by atoms with Gasteiger partial charge in [-0.05, 0) is 31.5 Å². The van der Waals surface area contributed by atoms with Crippen LogP contribution < -0.4 is 4.74 Å². The number of carbonyl (C=O) groups is 1. The highest BCUT2D eigenvalue weighted by atomic mass is 19.1. The number of benzene rings is 1. The van der Waals surface area contributed by atoms with E-state index in [0.717, 1.165) is 12.8 Å². The van der Waals surface area contributed by atoms with Crippen molar-refractivity contribution in [1.82, 2.24) is 0 Å². The van der Waals surface area contributed by atoms with Crippen LogP contribution in [0.2, 0.25) is 0 Å². The lowest BCUT2D eigenvalue weighted by molar-refractivity contribution is 0.0252. The highest BCUT2D eigenvalue weighted by Gasteiger charge is 2.19. The maximum absolute atomic E-state index is 13.5. The molecule has 1 aliphatic rings. The van der Waals surface area contributed by atoms with E-state index in [1.54, 1.807) is 13.0 Å². The van der Waals surface area contributed by atoms with Crippen molar-refractivity contribution in [2.24, 2.45) is 0 Å². The fraction of sp³-hybridized carbons (Fsp3) is 0.500. The number of carbonyl (C=O) groups excluding carboxylic acids is 1. The minimum Gasteiger partial charge on any atom is -0.489 e. The third-order valence-electron chi connectivity index (χ3n) is 3.10. The van der Waals surface area contributed by atoms with Crippen LogP contribution in [0.3, 0.4) is 0 Å². The third-order valence-corrected chi connectivity index (χ3v) is 3.10. The quantitative estimate of drug-likeness (QED) is 0.776. The summed E-state index contributed by atoms with van der Waals surface area (Å²) in [6, 6.07) is 2.86. The molecule has 0 saturated carbocycles. The monoisotopic (exact) mass is 252 g/mol. The Morgan fingerprint density at radius 2 is 2.06 bits per heavy atom. The molecule has 2 rings (SSSR count). The van der Waals surface area contributed by atoms with Crippen LogP contribution >= 0.6 is 0 Å². The third kappa shape index (κ3) is 2.88. The van der Waals surface area contributed by atoms with Crippen molar-refractivity contribution in [2.75, 3.05) is 13.2 Å².